The summed E-state index contributed by atoms with van der Waals surface area (Å²) < 4.78 is 0. The van der Waals surface area contributed by atoms with Crippen LogP contribution >= 0.6 is 0 Å². The Bertz CT molecular complexity index is 367. The van der Waals surface area contributed by atoms with Gasteiger partial charge in [-0.1, -0.05) is 17.7 Å². The van der Waals surface area contributed by atoms with Crippen molar-refractivity contribution in [1.82, 2.24) is 4.90 Å². The summed E-state index contributed by atoms with van der Waals surface area (Å²) in [5, 5.41) is 9.39. The molecule has 1 N–H and O–H groups in total. The van der Waals surface area contributed by atoms with E-state index < -0.39 is 0 Å². The molecule has 15 heavy (non-hydrogen) atoms. The van der Waals surface area contributed by atoms with E-state index in [-0.39, 0.29) is 0 Å². The van der Waals surface area contributed by atoms with Crippen molar-refractivity contribution in [2.45, 2.75) is 13.8 Å². The van der Waals surface area contributed by atoms with E-state index in [9.17, 15) is 5.11 Å². The molecule has 0 saturated carbocycles. The van der Waals surface area contributed by atoms with Gasteiger partial charge in [-0.05, 0) is 51.2 Å². The van der Waals surface area contributed by atoms with Crippen LogP contribution < -0.4 is 0 Å². The van der Waals surface area contributed by atoms with Crippen LogP contribution in [-0.2, 0) is 0 Å². The Labute approximate surface area is 91.9 Å². The highest BCUT2D eigenvalue weighted by Crippen LogP contribution is 2.21. The number of rotatable bonds is 3. The molecule has 0 aliphatic rings. The summed E-state index contributed by atoms with van der Waals surface area (Å²) in [6, 6.07) is 7.39. The normalized spacial score (nSPS) is 12.9. The van der Waals surface area contributed by atoms with Crippen LogP contribution in [0.3, 0.4) is 0 Å². The van der Waals surface area contributed by atoms with Crippen LogP contribution in [0, 0.1) is 0 Å². The van der Waals surface area contributed by atoms with E-state index >= 15 is 0 Å². The van der Waals surface area contributed by atoms with Gasteiger partial charge in [0, 0.05) is 6.54 Å². The Morgan fingerprint density at radius 1 is 1.27 bits per heavy atom. The first kappa shape index (κ1) is 11.8. The van der Waals surface area contributed by atoms with Gasteiger partial charge >= 0.3 is 0 Å². The summed E-state index contributed by atoms with van der Waals surface area (Å²) in [4.78, 5) is 2.14. The number of aromatic hydroxyl groups is 1. The molecule has 0 bridgehead atoms. The van der Waals surface area contributed by atoms with Crippen LogP contribution in [0.15, 0.2) is 29.8 Å². The summed E-state index contributed by atoms with van der Waals surface area (Å²) in [5.41, 5.74) is 3.65. The third kappa shape index (κ3) is 3.40. The average Bonchev–Trinajstić information content (AvgIpc) is 2.15. The zero-order valence-electron chi connectivity index (χ0n) is 9.91. The molecule has 0 amide bonds. The van der Waals surface area contributed by atoms with Crippen LogP contribution in [0.5, 0.6) is 5.75 Å². The highest BCUT2D eigenvalue weighted by atomic mass is 16.3. The Kier molecular flexibility index (Phi) is 3.92. The van der Waals surface area contributed by atoms with Gasteiger partial charge in [0.15, 0.2) is 0 Å². The van der Waals surface area contributed by atoms with E-state index in [4.69, 9.17) is 0 Å². The first-order valence-corrected chi connectivity index (χ1v) is 5.11. The molecule has 2 heteroatoms. The zero-order valence-corrected chi connectivity index (χ0v) is 9.91. The number of likely N-dealkylation sites (N-methyl/N-ethyl adjacent to an activating group) is 1. The molecule has 0 spiro atoms. The number of phenols is 1. The quantitative estimate of drug-likeness (QED) is 0.820. The molecule has 0 saturated heterocycles. The second-order valence-electron chi connectivity index (χ2n) is 4.19. The lowest BCUT2D eigenvalue weighted by Crippen LogP contribution is -2.14. The lowest BCUT2D eigenvalue weighted by molar-refractivity contribution is 0.445. The molecule has 0 fully saturated rings. The smallest absolute Gasteiger partial charge is 0.116 e. The number of benzene rings is 1. The third-order valence-corrected chi connectivity index (χ3v) is 2.47. The minimum Gasteiger partial charge on any atom is -0.508 e. The van der Waals surface area contributed by atoms with E-state index in [1.165, 1.54) is 11.1 Å². The predicted molar refractivity (Wildman–Crippen MR) is 64.9 cm³/mol. The van der Waals surface area contributed by atoms with Gasteiger partial charge in [-0.2, -0.15) is 0 Å². The second kappa shape index (κ2) is 4.99. The third-order valence-electron chi connectivity index (χ3n) is 2.47. The fraction of sp³-hybridized carbons (Fsp3) is 0.385. The fourth-order valence-corrected chi connectivity index (χ4v) is 1.58. The van der Waals surface area contributed by atoms with Gasteiger partial charge in [-0.3, -0.25) is 0 Å². The van der Waals surface area contributed by atoms with Crippen molar-refractivity contribution in [2.24, 2.45) is 0 Å². The standard InChI is InChI=1S/C13H19NO/c1-10(9-14(3)4)11(2)12-6-5-7-13(15)8-12/h5-8,15H,9H2,1-4H3. The topological polar surface area (TPSA) is 23.5 Å². The Balaban J connectivity index is 2.96. The van der Waals surface area contributed by atoms with Crippen molar-refractivity contribution >= 4 is 5.57 Å². The Morgan fingerprint density at radius 3 is 2.47 bits per heavy atom. The van der Waals surface area contributed by atoms with E-state index in [1.807, 2.05) is 12.1 Å². The number of hydrogen-bond acceptors (Lipinski definition) is 2. The van der Waals surface area contributed by atoms with Crippen molar-refractivity contribution in [1.29, 1.82) is 0 Å². The van der Waals surface area contributed by atoms with E-state index in [0.717, 1.165) is 12.1 Å². The minimum absolute atomic E-state index is 0.324. The average molecular weight is 205 g/mol. The molecule has 0 aliphatic heterocycles. The lowest BCUT2D eigenvalue weighted by Gasteiger charge is -2.13. The van der Waals surface area contributed by atoms with Gasteiger partial charge < -0.3 is 10.0 Å². The predicted octanol–water partition coefficient (Wildman–Crippen LogP) is 2.75. The summed E-state index contributed by atoms with van der Waals surface area (Å²) in [6.07, 6.45) is 0. The minimum atomic E-state index is 0.324. The maximum atomic E-state index is 9.39. The van der Waals surface area contributed by atoms with Gasteiger partial charge in [0.05, 0.1) is 0 Å². The van der Waals surface area contributed by atoms with Gasteiger partial charge in [0.25, 0.3) is 0 Å². The van der Waals surface area contributed by atoms with E-state index in [1.54, 1.807) is 12.1 Å². The van der Waals surface area contributed by atoms with Crippen LogP contribution in [0.4, 0.5) is 0 Å². The highest BCUT2D eigenvalue weighted by Gasteiger charge is 2.02. The van der Waals surface area contributed by atoms with Crippen molar-refractivity contribution < 1.29 is 5.11 Å². The van der Waals surface area contributed by atoms with Gasteiger partial charge in [0.1, 0.15) is 5.75 Å². The Morgan fingerprint density at radius 2 is 1.93 bits per heavy atom. The van der Waals surface area contributed by atoms with Crippen LogP contribution in [0.25, 0.3) is 5.57 Å². The molecule has 1 rings (SSSR count). The summed E-state index contributed by atoms with van der Waals surface area (Å²) in [5.74, 6) is 0.324. The molecular weight excluding hydrogens is 186 g/mol. The van der Waals surface area contributed by atoms with Crippen molar-refractivity contribution in [3.05, 3.63) is 35.4 Å². The lowest BCUT2D eigenvalue weighted by atomic mass is 10.0. The fourth-order valence-electron chi connectivity index (χ4n) is 1.58. The zero-order chi connectivity index (χ0) is 11.4. The van der Waals surface area contributed by atoms with Crippen molar-refractivity contribution in [3.8, 4) is 5.75 Å². The molecule has 0 heterocycles. The van der Waals surface area contributed by atoms with Crippen molar-refractivity contribution in [2.75, 3.05) is 20.6 Å². The molecule has 0 radical (unpaired) electrons. The van der Waals surface area contributed by atoms with Crippen molar-refractivity contribution in [3.63, 3.8) is 0 Å². The number of nitrogens with zero attached hydrogens (tertiary/aromatic N) is 1. The molecule has 1 aromatic rings. The molecule has 0 atom stereocenters. The highest BCUT2D eigenvalue weighted by molar-refractivity contribution is 5.67. The molecule has 82 valence electrons. The van der Waals surface area contributed by atoms with Crippen LogP contribution in [0.1, 0.15) is 19.4 Å². The molecular formula is C13H19NO. The summed E-state index contributed by atoms with van der Waals surface area (Å²) in [7, 11) is 4.11. The first-order chi connectivity index (χ1) is 7.00. The van der Waals surface area contributed by atoms with E-state index in [2.05, 4.69) is 32.8 Å². The van der Waals surface area contributed by atoms with Crippen LogP contribution in [0.2, 0.25) is 0 Å². The maximum Gasteiger partial charge on any atom is 0.116 e. The molecule has 1 aromatic carbocycles. The summed E-state index contributed by atoms with van der Waals surface area (Å²) in [6.45, 7) is 5.16. The SMILES string of the molecule is CC(CN(C)C)=C(C)c1cccc(O)c1. The number of hydrogen-bond donors (Lipinski definition) is 1. The van der Waals surface area contributed by atoms with Gasteiger partial charge in [-0.15, -0.1) is 0 Å². The molecule has 0 unspecified atom stereocenters. The van der Waals surface area contributed by atoms with E-state index in [0.29, 0.717) is 5.75 Å². The largest absolute Gasteiger partial charge is 0.508 e. The monoisotopic (exact) mass is 205 g/mol. The second-order valence-corrected chi connectivity index (χ2v) is 4.19. The van der Waals surface area contributed by atoms with Crippen LogP contribution in [-0.4, -0.2) is 30.6 Å². The number of allylic oxidation sites excluding steroid dienone is 1. The maximum absolute atomic E-state index is 9.39. The molecule has 0 aromatic heterocycles. The first-order valence-electron chi connectivity index (χ1n) is 5.11. The molecule has 0 aliphatic carbocycles. The number of phenolic OH excluding ortho intramolecular Hbond substituents is 1. The Hall–Kier alpha value is -1.28. The molecule has 2 nitrogen and oxygen atoms in total. The summed E-state index contributed by atoms with van der Waals surface area (Å²) >= 11 is 0. The van der Waals surface area contributed by atoms with Gasteiger partial charge in [0.2, 0.25) is 0 Å². The van der Waals surface area contributed by atoms with Gasteiger partial charge in [-0.25, -0.2) is 0 Å².